The second kappa shape index (κ2) is 9.49. The fourth-order valence-corrected chi connectivity index (χ4v) is 3.54. The Labute approximate surface area is 172 Å². The molecule has 4 rings (SSSR count). The molecule has 156 valence electrons. The molecule has 2 atom stereocenters. The summed E-state index contributed by atoms with van der Waals surface area (Å²) in [6.45, 7) is 7.32. The van der Waals surface area contributed by atoms with Crippen molar-refractivity contribution in [2.24, 2.45) is 5.73 Å². The van der Waals surface area contributed by atoms with Crippen molar-refractivity contribution < 1.29 is 13.9 Å². The quantitative estimate of drug-likeness (QED) is 0.688. The monoisotopic (exact) mass is 420 g/mol. The molecule has 2 aromatic rings. The first-order chi connectivity index (χ1) is 13.8. The zero-order valence-corrected chi connectivity index (χ0v) is 17.4. The third kappa shape index (κ3) is 5.63. The summed E-state index contributed by atoms with van der Waals surface area (Å²) in [6, 6.07) is -0.00593. The topological polar surface area (TPSA) is 115 Å². The molecule has 1 saturated heterocycles. The van der Waals surface area contributed by atoms with E-state index in [1.54, 1.807) is 6.08 Å². The standard InChI is InChI=1S/C10H11N5OS.C9H14FNO/c1-5-7-9(13-4-12-5)17-10(15-7)8(16)14-6-2-11-3-6;1-6(2)12-9-5-7(10)3-4-8(9)11/h4,6,11H,2-3H2,1H3,(H,14,16);3-6,8-9H,11H2,1-2H3. The lowest BCUT2D eigenvalue weighted by Crippen LogP contribution is -2.56. The van der Waals surface area contributed by atoms with E-state index in [4.69, 9.17) is 10.5 Å². The van der Waals surface area contributed by atoms with E-state index in [-0.39, 0.29) is 36.0 Å². The first-order valence-corrected chi connectivity index (χ1v) is 10.2. The van der Waals surface area contributed by atoms with Gasteiger partial charge in [0, 0.05) is 13.1 Å². The molecular weight excluding hydrogens is 395 g/mol. The van der Waals surface area contributed by atoms with Crippen LogP contribution < -0.4 is 16.4 Å². The first-order valence-electron chi connectivity index (χ1n) is 9.39. The number of allylic oxidation sites excluding steroid dienone is 2. The van der Waals surface area contributed by atoms with Crippen LogP contribution in [0.4, 0.5) is 4.39 Å². The van der Waals surface area contributed by atoms with Crippen LogP contribution in [0.2, 0.25) is 0 Å². The second-order valence-electron chi connectivity index (χ2n) is 7.10. The van der Waals surface area contributed by atoms with E-state index in [0.29, 0.717) is 5.01 Å². The number of ether oxygens (including phenoxy) is 1. The van der Waals surface area contributed by atoms with Crippen molar-refractivity contribution in [3.05, 3.63) is 41.1 Å². The average molecular weight is 421 g/mol. The molecule has 0 saturated carbocycles. The predicted octanol–water partition coefficient (Wildman–Crippen LogP) is 1.63. The van der Waals surface area contributed by atoms with Gasteiger partial charge < -0.3 is 21.1 Å². The lowest BCUT2D eigenvalue weighted by atomic mass is 10.1. The van der Waals surface area contributed by atoms with Gasteiger partial charge in [-0.15, -0.1) is 0 Å². The number of nitrogens with one attached hydrogen (secondary N) is 2. The van der Waals surface area contributed by atoms with E-state index in [9.17, 15) is 9.18 Å². The highest BCUT2D eigenvalue weighted by atomic mass is 32.1. The number of carbonyl (C=O) groups is 1. The van der Waals surface area contributed by atoms with Crippen molar-refractivity contribution in [3.8, 4) is 0 Å². The minimum absolute atomic E-state index is 0.0663. The number of aromatic nitrogens is 3. The molecule has 0 radical (unpaired) electrons. The summed E-state index contributed by atoms with van der Waals surface area (Å²) >= 11 is 1.30. The summed E-state index contributed by atoms with van der Waals surface area (Å²) in [6.07, 6.45) is 5.62. The number of rotatable bonds is 4. The van der Waals surface area contributed by atoms with E-state index >= 15 is 0 Å². The van der Waals surface area contributed by atoms with Crippen LogP contribution in [0.5, 0.6) is 0 Å². The molecule has 0 aromatic carbocycles. The molecule has 1 fully saturated rings. The Bertz CT molecular complexity index is 925. The molecule has 8 nitrogen and oxygen atoms in total. The maximum Gasteiger partial charge on any atom is 0.280 e. The van der Waals surface area contributed by atoms with Gasteiger partial charge in [-0.1, -0.05) is 17.4 Å². The van der Waals surface area contributed by atoms with Gasteiger partial charge in [0.05, 0.1) is 30.0 Å². The van der Waals surface area contributed by atoms with Crippen molar-refractivity contribution in [1.82, 2.24) is 25.6 Å². The number of hydrogen-bond acceptors (Lipinski definition) is 8. The Morgan fingerprint density at radius 1 is 1.41 bits per heavy atom. The molecule has 0 spiro atoms. The summed E-state index contributed by atoms with van der Waals surface area (Å²) < 4.78 is 18.1. The first kappa shape index (κ1) is 21.4. The molecule has 4 N–H and O–H groups in total. The molecule has 2 unspecified atom stereocenters. The van der Waals surface area contributed by atoms with Crippen LogP contribution in [-0.2, 0) is 4.74 Å². The fraction of sp³-hybridized carbons (Fsp3) is 0.474. The van der Waals surface area contributed by atoms with Gasteiger partial charge in [-0.25, -0.2) is 19.3 Å². The van der Waals surface area contributed by atoms with Crippen LogP contribution in [0.1, 0.15) is 29.3 Å². The number of amides is 1. The number of nitrogens with zero attached hydrogens (tertiary/aromatic N) is 3. The molecule has 1 aliphatic carbocycles. The molecule has 29 heavy (non-hydrogen) atoms. The van der Waals surface area contributed by atoms with Gasteiger partial charge in [-0.3, -0.25) is 4.79 Å². The van der Waals surface area contributed by atoms with Crippen LogP contribution in [0.25, 0.3) is 10.3 Å². The Morgan fingerprint density at radius 3 is 2.79 bits per heavy atom. The molecule has 10 heteroatoms. The number of hydrogen-bond donors (Lipinski definition) is 3. The Morgan fingerprint density at radius 2 is 2.17 bits per heavy atom. The maximum absolute atomic E-state index is 12.7. The lowest BCUT2D eigenvalue weighted by Gasteiger charge is -2.27. The van der Waals surface area contributed by atoms with Crippen molar-refractivity contribution >= 4 is 27.6 Å². The number of nitrogens with two attached hydrogens (primary N) is 1. The van der Waals surface area contributed by atoms with Crippen LogP contribution in [0.3, 0.4) is 0 Å². The number of fused-ring (bicyclic) bond motifs is 1. The highest BCUT2D eigenvalue weighted by Crippen LogP contribution is 2.21. The minimum Gasteiger partial charge on any atom is -0.369 e. The highest BCUT2D eigenvalue weighted by Gasteiger charge is 2.22. The summed E-state index contributed by atoms with van der Waals surface area (Å²) in [4.78, 5) is 25.1. The Kier molecular flexibility index (Phi) is 7.01. The van der Waals surface area contributed by atoms with Crippen molar-refractivity contribution in [2.45, 2.75) is 45.1 Å². The third-order valence-electron chi connectivity index (χ3n) is 4.30. The highest BCUT2D eigenvalue weighted by molar-refractivity contribution is 7.19. The Hall–Kier alpha value is -2.27. The van der Waals surface area contributed by atoms with E-state index in [1.807, 2.05) is 20.8 Å². The van der Waals surface area contributed by atoms with Crippen molar-refractivity contribution in [3.63, 3.8) is 0 Å². The summed E-state index contributed by atoms with van der Waals surface area (Å²) in [5.74, 6) is -0.402. The summed E-state index contributed by atoms with van der Waals surface area (Å²) in [7, 11) is 0. The van der Waals surface area contributed by atoms with Gasteiger partial charge in [0.15, 0.2) is 5.01 Å². The Balaban J connectivity index is 0.000000177. The number of halogens is 1. The van der Waals surface area contributed by atoms with Crippen LogP contribution in [-0.4, -0.2) is 58.2 Å². The molecule has 2 aromatic heterocycles. The van der Waals surface area contributed by atoms with Crippen LogP contribution >= 0.6 is 11.3 Å². The van der Waals surface area contributed by atoms with Gasteiger partial charge >= 0.3 is 0 Å². The third-order valence-corrected chi connectivity index (χ3v) is 5.26. The summed E-state index contributed by atoms with van der Waals surface area (Å²) in [5, 5.41) is 6.47. The van der Waals surface area contributed by atoms with Crippen molar-refractivity contribution in [2.75, 3.05) is 13.1 Å². The number of carbonyl (C=O) groups excluding carboxylic acids is 1. The SMILES string of the molecule is CC(C)OC1C=C(F)C=CC1N.Cc1ncnc2sc(C(=O)NC3CNC3)nc12. The number of aryl methyl sites for hydroxylation is 1. The van der Waals surface area contributed by atoms with E-state index in [2.05, 4.69) is 25.6 Å². The molecule has 1 aliphatic heterocycles. The minimum atomic E-state index is -0.324. The molecule has 1 amide bonds. The zero-order chi connectivity index (χ0) is 21.0. The van der Waals surface area contributed by atoms with Gasteiger partial charge in [-0.2, -0.15) is 0 Å². The molecule has 2 aliphatic rings. The molecular formula is C19H25FN6O2S. The summed E-state index contributed by atoms with van der Waals surface area (Å²) in [5.41, 5.74) is 7.18. The molecule has 0 bridgehead atoms. The van der Waals surface area contributed by atoms with Crippen LogP contribution in [0, 0.1) is 6.92 Å². The van der Waals surface area contributed by atoms with E-state index in [0.717, 1.165) is 29.1 Å². The predicted molar refractivity (Wildman–Crippen MR) is 110 cm³/mol. The smallest absolute Gasteiger partial charge is 0.280 e. The van der Waals surface area contributed by atoms with Crippen molar-refractivity contribution in [1.29, 1.82) is 0 Å². The molecule has 3 heterocycles. The second-order valence-corrected chi connectivity index (χ2v) is 8.08. The normalized spacial score (nSPS) is 21.4. The maximum atomic E-state index is 12.7. The lowest BCUT2D eigenvalue weighted by molar-refractivity contribution is 0.0274. The van der Waals surface area contributed by atoms with E-state index in [1.165, 1.54) is 29.8 Å². The van der Waals surface area contributed by atoms with Gasteiger partial charge in [0.25, 0.3) is 5.91 Å². The van der Waals surface area contributed by atoms with Gasteiger partial charge in [0.2, 0.25) is 0 Å². The largest absolute Gasteiger partial charge is 0.369 e. The van der Waals surface area contributed by atoms with E-state index < -0.39 is 0 Å². The fourth-order valence-electron chi connectivity index (χ4n) is 2.68. The van der Waals surface area contributed by atoms with Gasteiger partial charge in [0.1, 0.15) is 22.5 Å². The zero-order valence-electron chi connectivity index (χ0n) is 16.6. The van der Waals surface area contributed by atoms with Gasteiger partial charge in [-0.05, 0) is 32.9 Å². The van der Waals surface area contributed by atoms with Crippen LogP contribution in [0.15, 0.2) is 30.4 Å². The number of thiazole rings is 1. The average Bonchev–Trinajstić information content (AvgIpc) is 3.07.